The smallest absolute Gasteiger partial charge is 0.330 e. The van der Waals surface area contributed by atoms with Gasteiger partial charge >= 0.3 is 5.97 Å². The number of hydrogen-bond donors (Lipinski definition) is 2. The zero-order valence-electron chi connectivity index (χ0n) is 11.8. The number of carboxylic acid groups (broad SMARTS) is 1. The lowest BCUT2D eigenvalue weighted by molar-refractivity contribution is -0.142. The molecule has 0 saturated heterocycles. The molecule has 1 rings (SSSR count). The Bertz CT molecular complexity index is 598. The molecule has 0 aliphatic carbocycles. The van der Waals surface area contributed by atoms with Gasteiger partial charge in [-0.15, -0.1) is 0 Å². The number of aliphatic carboxylic acids is 1. The first-order valence-electron chi connectivity index (χ1n) is 6.21. The predicted octanol–water partition coefficient (Wildman–Crippen LogP) is 0.210. The van der Waals surface area contributed by atoms with E-state index < -0.39 is 27.9 Å². The molecule has 0 fully saturated rings. The van der Waals surface area contributed by atoms with Crippen LogP contribution in [0.4, 0.5) is 0 Å². The Kier molecular flexibility index (Phi) is 5.86. The molecule has 0 heterocycles. The highest BCUT2D eigenvalue weighted by Gasteiger charge is 2.23. The van der Waals surface area contributed by atoms with Crippen molar-refractivity contribution in [2.75, 3.05) is 19.8 Å². The zero-order valence-corrected chi connectivity index (χ0v) is 12.6. The molecule has 21 heavy (non-hydrogen) atoms. The summed E-state index contributed by atoms with van der Waals surface area (Å²) in [5.41, 5.74) is 0.425. The Morgan fingerprint density at radius 1 is 1.24 bits per heavy atom. The molecule has 0 bridgehead atoms. The number of benzene rings is 1. The number of hydrogen-bond acceptors (Lipinski definition) is 4. The molecular formula is C13H18N2O5S. The van der Waals surface area contributed by atoms with E-state index in [4.69, 9.17) is 5.11 Å². The van der Waals surface area contributed by atoms with E-state index in [1.165, 1.54) is 14.1 Å². The van der Waals surface area contributed by atoms with Gasteiger partial charge in [0, 0.05) is 20.5 Å². The molecule has 8 heteroatoms. The van der Waals surface area contributed by atoms with Crippen LogP contribution in [-0.4, -0.2) is 49.6 Å². The maximum atomic E-state index is 11.7. The lowest BCUT2D eigenvalue weighted by atomic mass is 10.1. The van der Waals surface area contributed by atoms with E-state index in [-0.39, 0.29) is 12.2 Å². The van der Waals surface area contributed by atoms with Crippen molar-refractivity contribution >= 4 is 21.9 Å². The first-order chi connectivity index (χ1) is 9.74. The number of carbonyl (C=O) groups is 2. The molecule has 7 nitrogen and oxygen atoms in total. The standard InChI is InChI=1S/C13H18N2O5S/c1-15(2)21(19,20)9-8-11(16)14-12(13(17)18)10-6-4-3-5-7-10/h3-7,12H,8-9H2,1-2H3,(H,14,16)(H,17,18)/t12-/m0/s1. The fourth-order valence-corrected chi connectivity index (χ4v) is 2.38. The largest absolute Gasteiger partial charge is 0.479 e. The quantitative estimate of drug-likeness (QED) is 0.749. The first kappa shape index (κ1) is 17.1. The van der Waals surface area contributed by atoms with E-state index in [0.29, 0.717) is 5.56 Å². The Balaban J connectivity index is 2.69. The highest BCUT2D eigenvalue weighted by Crippen LogP contribution is 2.13. The number of amides is 1. The van der Waals surface area contributed by atoms with E-state index in [1.807, 2.05) is 0 Å². The van der Waals surface area contributed by atoms with Crippen LogP contribution in [0.25, 0.3) is 0 Å². The molecule has 0 aliphatic rings. The second kappa shape index (κ2) is 7.19. The average Bonchev–Trinajstić information content (AvgIpc) is 2.43. The summed E-state index contributed by atoms with van der Waals surface area (Å²) in [7, 11) is -0.744. The molecule has 1 aromatic rings. The van der Waals surface area contributed by atoms with Crippen molar-refractivity contribution in [3.63, 3.8) is 0 Å². The lowest BCUT2D eigenvalue weighted by Gasteiger charge is -2.15. The SMILES string of the molecule is CN(C)S(=O)(=O)CCC(=O)N[C@H](C(=O)O)c1ccccc1. The second-order valence-electron chi connectivity index (χ2n) is 4.60. The van der Waals surface area contributed by atoms with Crippen molar-refractivity contribution in [2.45, 2.75) is 12.5 Å². The van der Waals surface area contributed by atoms with Crippen molar-refractivity contribution in [1.29, 1.82) is 0 Å². The van der Waals surface area contributed by atoms with Gasteiger partial charge in [-0.3, -0.25) is 4.79 Å². The summed E-state index contributed by atoms with van der Waals surface area (Å²) in [4.78, 5) is 22.9. The van der Waals surface area contributed by atoms with E-state index in [2.05, 4.69) is 5.32 Å². The first-order valence-corrected chi connectivity index (χ1v) is 7.82. The van der Waals surface area contributed by atoms with Crippen LogP contribution in [0.15, 0.2) is 30.3 Å². The fourth-order valence-electron chi connectivity index (χ4n) is 1.57. The van der Waals surface area contributed by atoms with Gasteiger partial charge in [0.15, 0.2) is 6.04 Å². The van der Waals surface area contributed by atoms with Crippen molar-refractivity contribution < 1.29 is 23.1 Å². The van der Waals surface area contributed by atoms with Gasteiger partial charge < -0.3 is 10.4 Å². The minimum atomic E-state index is -3.49. The monoisotopic (exact) mass is 314 g/mol. The van der Waals surface area contributed by atoms with Crippen molar-refractivity contribution in [1.82, 2.24) is 9.62 Å². The Morgan fingerprint density at radius 2 is 1.81 bits per heavy atom. The van der Waals surface area contributed by atoms with Crippen LogP contribution >= 0.6 is 0 Å². The summed E-state index contributed by atoms with van der Waals surface area (Å²) in [5.74, 6) is -2.20. The third-order valence-corrected chi connectivity index (χ3v) is 4.66. The molecule has 0 saturated carbocycles. The fraction of sp³-hybridized carbons (Fsp3) is 0.385. The van der Waals surface area contributed by atoms with Gasteiger partial charge in [0.05, 0.1) is 5.75 Å². The molecule has 0 radical (unpaired) electrons. The molecule has 0 spiro atoms. The normalized spacial score (nSPS) is 12.9. The van der Waals surface area contributed by atoms with Crippen LogP contribution in [0, 0.1) is 0 Å². The lowest BCUT2D eigenvalue weighted by Crippen LogP contribution is -2.35. The number of sulfonamides is 1. The van der Waals surface area contributed by atoms with Crippen LogP contribution in [-0.2, 0) is 19.6 Å². The Morgan fingerprint density at radius 3 is 2.29 bits per heavy atom. The number of carboxylic acids is 1. The molecule has 116 valence electrons. The van der Waals surface area contributed by atoms with Crippen LogP contribution in [0.3, 0.4) is 0 Å². The van der Waals surface area contributed by atoms with Crippen molar-refractivity contribution in [2.24, 2.45) is 0 Å². The van der Waals surface area contributed by atoms with Crippen molar-refractivity contribution in [3.05, 3.63) is 35.9 Å². The minimum absolute atomic E-state index is 0.295. The molecule has 1 amide bonds. The molecule has 0 aromatic heterocycles. The zero-order chi connectivity index (χ0) is 16.0. The molecule has 1 atom stereocenters. The van der Waals surface area contributed by atoms with E-state index in [1.54, 1.807) is 30.3 Å². The van der Waals surface area contributed by atoms with Gasteiger partial charge in [-0.2, -0.15) is 0 Å². The maximum absolute atomic E-state index is 11.7. The van der Waals surface area contributed by atoms with E-state index in [9.17, 15) is 18.0 Å². The van der Waals surface area contributed by atoms with Gasteiger partial charge in [-0.1, -0.05) is 30.3 Å². The summed E-state index contributed by atoms with van der Waals surface area (Å²) < 4.78 is 24.1. The number of carbonyl (C=O) groups excluding carboxylic acids is 1. The summed E-state index contributed by atoms with van der Waals surface area (Å²) in [5, 5.41) is 11.5. The van der Waals surface area contributed by atoms with Crippen LogP contribution in [0.2, 0.25) is 0 Å². The second-order valence-corrected chi connectivity index (χ2v) is 6.90. The van der Waals surface area contributed by atoms with Gasteiger partial charge in [0.2, 0.25) is 15.9 Å². The van der Waals surface area contributed by atoms with Gasteiger partial charge in [-0.05, 0) is 5.56 Å². The van der Waals surface area contributed by atoms with Gasteiger partial charge in [0.1, 0.15) is 0 Å². The number of nitrogens with zero attached hydrogens (tertiary/aromatic N) is 1. The minimum Gasteiger partial charge on any atom is -0.479 e. The highest BCUT2D eigenvalue weighted by atomic mass is 32.2. The van der Waals surface area contributed by atoms with Gasteiger partial charge in [-0.25, -0.2) is 17.5 Å². The summed E-state index contributed by atoms with van der Waals surface area (Å²) >= 11 is 0. The van der Waals surface area contributed by atoms with Gasteiger partial charge in [0.25, 0.3) is 0 Å². The molecule has 2 N–H and O–H groups in total. The number of nitrogens with one attached hydrogen (secondary N) is 1. The summed E-state index contributed by atoms with van der Waals surface area (Å²) in [6.45, 7) is 0. The van der Waals surface area contributed by atoms with Crippen LogP contribution < -0.4 is 5.32 Å². The van der Waals surface area contributed by atoms with E-state index >= 15 is 0 Å². The highest BCUT2D eigenvalue weighted by molar-refractivity contribution is 7.89. The molecule has 0 aliphatic heterocycles. The maximum Gasteiger partial charge on any atom is 0.330 e. The van der Waals surface area contributed by atoms with E-state index in [0.717, 1.165) is 4.31 Å². The third-order valence-electron chi connectivity index (χ3n) is 2.83. The Labute approximate surface area is 123 Å². The topological polar surface area (TPSA) is 104 Å². The Hall–Kier alpha value is -1.93. The predicted molar refractivity (Wildman–Crippen MR) is 77.1 cm³/mol. The summed E-state index contributed by atoms with van der Waals surface area (Å²) in [6, 6.07) is 7.02. The third kappa shape index (κ3) is 5.16. The molecule has 0 unspecified atom stereocenters. The van der Waals surface area contributed by atoms with Crippen LogP contribution in [0.1, 0.15) is 18.0 Å². The molecular weight excluding hydrogens is 296 g/mol. The number of rotatable bonds is 7. The summed E-state index contributed by atoms with van der Waals surface area (Å²) in [6.07, 6.45) is -0.295. The average molecular weight is 314 g/mol. The van der Waals surface area contributed by atoms with Crippen LogP contribution in [0.5, 0.6) is 0 Å². The van der Waals surface area contributed by atoms with Crippen molar-refractivity contribution in [3.8, 4) is 0 Å². The molecule has 1 aromatic carbocycles.